The Morgan fingerprint density at radius 2 is 1.13 bits per heavy atom. The zero-order valence-corrected chi connectivity index (χ0v) is 55.8. The van der Waals surface area contributed by atoms with Crippen molar-refractivity contribution in [3.8, 4) is 17.2 Å². The minimum atomic E-state index is -5.33. The molecule has 29 nitrogen and oxygen atoms in total. The Hall–Kier alpha value is -0.641. The fourth-order valence-corrected chi connectivity index (χ4v) is 7.89. The van der Waals surface area contributed by atoms with Crippen LogP contribution in [0.25, 0.3) is 10.8 Å². The van der Waals surface area contributed by atoms with Gasteiger partial charge < -0.3 is 52.3 Å². The van der Waals surface area contributed by atoms with Gasteiger partial charge in [-0.3, -0.25) is 9.11 Å². The SMILES string of the molecule is O=S(=O)([O-])O.O=S(=O)([O-])O.O=S(=O)=O.[CH2-]CS(=O)(=O)c1ccc(N=Nc2c(Nc3cccc(S(=O)(=O)[O-])c3)ccc3c(O)c(N=Nc4cc(OC)c(S(=O)(=O)C[CH2-])cc4O)[c-]cc23)c(S(=O)(=O)[O-])c1.[Cu].[Na+].[Na+].[Na+].[Na+].[Na+]. The molecule has 389 valence electrons. The van der Waals surface area contributed by atoms with Crippen molar-refractivity contribution in [3.63, 3.8) is 0 Å². The molecule has 0 heterocycles. The van der Waals surface area contributed by atoms with Crippen LogP contribution in [0.15, 0.2) is 113 Å². The summed E-state index contributed by atoms with van der Waals surface area (Å²) in [7, 11) is -29.9. The average molecular weight is 1280 g/mol. The summed E-state index contributed by atoms with van der Waals surface area (Å²) in [6.07, 6.45) is 0. The molecule has 0 aliphatic rings. The van der Waals surface area contributed by atoms with E-state index in [9.17, 15) is 53.0 Å². The van der Waals surface area contributed by atoms with Gasteiger partial charge in [0.25, 0.3) is 0 Å². The van der Waals surface area contributed by atoms with Crippen LogP contribution in [-0.4, -0.2) is 119 Å². The quantitative estimate of drug-likeness (QED) is 0.0240. The summed E-state index contributed by atoms with van der Waals surface area (Å²) in [5, 5.41) is 40.5. The van der Waals surface area contributed by atoms with Gasteiger partial charge in [-0.25, -0.2) is 50.5 Å². The summed E-state index contributed by atoms with van der Waals surface area (Å²) in [6, 6.07) is 15.9. The minimum absolute atomic E-state index is 0. The first-order chi connectivity index (χ1) is 31.4. The molecule has 0 saturated carbocycles. The number of anilines is 2. The van der Waals surface area contributed by atoms with E-state index >= 15 is 0 Å². The third-order valence-corrected chi connectivity index (χ3v) is 12.4. The average Bonchev–Trinajstić information content (AvgIpc) is 3.21. The summed E-state index contributed by atoms with van der Waals surface area (Å²) in [4.78, 5) is -2.45. The van der Waals surface area contributed by atoms with E-state index < -0.39 is 115 Å². The van der Waals surface area contributed by atoms with E-state index in [-0.39, 0.29) is 215 Å². The molecule has 75 heavy (non-hydrogen) atoms. The van der Waals surface area contributed by atoms with Crippen LogP contribution in [-0.2, 0) is 88.4 Å². The number of sulfone groups is 2. The fraction of sp³-hybridized carbons (Fsp3) is 0.0909. The van der Waals surface area contributed by atoms with Crippen molar-refractivity contribution in [2.24, 2.45) is 20.5 Å². The standard InChI is InChI=1S/C33H28N5O13S4.Cu.5Na.2H2O4S.O3S/c1-4-52(41,42)20-9-12-24(30(16-20)55(48,49)50)35-38-32-22-10-14-26(36-37-27-17-29(51-3)31(18-28(27)39)53(43,44)5-2)33(40)23(22)11-13-25(32)34-19-7-6-8-21(15-19)54(45,46)47;;;;;;;2*1-5(2,3)4;1-4(2)3/h6-13,15-18,34,39-40H,1-2,4-5H2,3H3,(H,45,46,47)(H,48,49,50);;;;;;;2*(H2,1,2,3,4);/q-3;;5*+1;;;/p-4. The maximum absolute atomic E-state index is 12.4. The molecule has 0 saturated heterocycles. The number of methoxy groups -OCH3 is 1. The third-order valence-electron chi connectivity index (χ3n) is 7.66. The molecule has 0 bridgehead atoms. The largest absolute Gasteiger partial charge is 1.00 e. The van der Waals surface area contributed by atoms with Gasteiger partial charge in [0.2, 0.25) is 20.8 Å². The van der Waals surface area contributed by atoms with Crippen molar-refractivity contribution in [2.75, 3.05) is 23.9 Å². The van der Waals surface area contributed by atoms with E-state index in [1.54, 1.807) is 0 Å². The molecule has 0 aliphatic heterocycles. The fourth-order valence-electron chi connectivity index (χ4n) is 4.89. The molecule has 0 spiro atoms. The first kappa shape index (κ1) is 83.2. The number of phenols is 2. The van der Waals surface area contributed by atoms with Crippen LogP contribution in [0.1, 0.15) is 0 Å². The van der Waals surface area contributed by atoms with Crippen LogP contribution in [0.5, 0.6) is 17.2 Å². The van der Waals surface area contributed by atoms with Crippen LogP contribution < -0.4 is 158 Å². The number of aromatic hydroxyl groups is 2. The summed E-state index contributed by atoms with van der Waals surface area (Å²) in [5.74, 6) is -2.49. The normalized spacial score (nSPS) is 11.3. The Morgan fingerprint density at radius 1 is 0.627 bits per heavy atom. The van der Waals surface area contributed by atoms with Gasteiger partial charge in [0.05, 0.1) is 33.2 Å². The Bertz CT molecular complexity index is 3610. The van der Waals surface area contributed by atoms with Crippen LogP contribution in [0.2, 0.25) is 0 Å². The summed E-state index contributed by atoms with van der Waals surface area (Å²) < 4.78 is 217. The first-order valence-electron chi connectivity index (χ1n) is 17.0. The first-order valence-corrected chi connectivity index (χ1v) is 26.8. The van der Waals surface area contributed by atoms with E-state index in [0.29, 0.717) is 6.07 Å². The molecular weight excluding hydrogens is 1250 g/mol. The van der Waals surface area contributed by atoms with Gasteiger partial charge in [-0.15, -0.1) is 17.7 Å². The molecule has 0 aliphatic carbocycles. The van der Waals surface area contributed by atoms with E-state index in [2.05, 4.69) is 45.7 Å². The third kappa shape index (κ3) is 28.6. The van der Waals surface area contributed by atoms with E-state index in [0.717, 1.165) is 36.4 Å². The van der Waals surface area contributed by atoms with Crippen LogP contribution in [0, 0.1) is 19.9 Å². The van der Waals surface area contributed by atoms with Crippen molar-refractivity contribution in [1.29, 1.82) is 0 Å². The predicted molar refractivity (Wildman–Crippen MR) is 229 cm³/mol. The number of azo groups is 2. The molecule has 42 heteroatoms. The van der Waals surface area contributed by atoms with Crippen molar-refractivity contribution >= 4 is 116 Å². The Morgan fingerprint density at radius 3 is 1.60 bits per heavy atom. The molecular formula is C33H28CuN5Na5O24S7-2. The number of ether oxygens (including phenoxy) is 1. The second-order valence-electron chi connectivity index (χ2n) is 12.2. The minimum Gasteiger partial charge on any atom is -0.744 e. The molecule has 0 unspecified atom stereocenters. The monoisotopic (exact) mass is 1280 g/mol. The Kier molecular flexibility index (Phi) is 39.1. The van der Waals surface area contributed by atoms with Gasteiger partial charge in [-0.2, -0.15) is 27.5 Å². The van der Waals surface area contributed by atoms with Gasteiger partial charge in [0.15, 0.2) is 19.7 Å². The number of benzene rings is 5. The zero-order chi connectivity index (χ0) is 53.1. The van der Waals surface area contributed by atoms with Crippen molar-refractivity contribution in [3.05, 3.63) is 92.7 Å². The maximum atomic E-state index is 12.4. The van der Waals surface area contributed by atoms with Crippen LogP contribution in [0.3, 0.4) is 0 Å². The summed E-state index contributed by atoms with van der Waals surface area (Å²) >= 11 is 0. The van der Waals surface area contributed by atoms with E-state index in [4.69, 9.17) is 52.4 Å². The number of hydrogen-bond acceptors (Lipinski definition) is 27. The van der Waals surface area contributed by atoms with Crippen molar-refractivity contribution in [2.45, 2.75) is 19.6 Å². The molecule has 5 rings (SSSR count). The number of nitrogens with zero attached hydrogens (tertiary/aromatic N) is 4. The van der Waals surface area contributed by atoms with Gasteiger partial charge >= 0.3 is 158 Å². The predicted octanol–water partition coefficient (Wildman–Crippen LogP) is -12.3. The molecule has 0 aromatic heterocycles. The van der Waals surface area contributed by atoms with E-state index in [1.807, 2.05) is 0 Å². The summed E-state index contributed by atoms with van der Waals surface area (Å²) in [6.45, 7) is 6.66. The topological polar surface area (TPSA) is 500 Å². The molecule has 1 radical (unpaired) electrons. The molecule has 0 fully saturated rings. The molecule has 5 aromatic rings. The van der Waals surface area contributed by atoms with Gasteiger partial charge in [-0.05, 0) is 42.5 Å². The van der Waals surface area contributed by atoms with Crippen molar-refractivity contribution < 1.29 is 270 Å². The Labute approximate surface area is 552 Å². The summed E-state index contributed by atoms with van der Waals surface area (Å²) in [5.41, 5.74) is -1.17. The van der Waals surface area contributed by atoms with Crippen molar-refractivity contribution in [1.82, 2.24) is 0 Å². The number of fused-ring (bicyclic) bond motifs is 1. The second-order valence-corrected chi connectivity index (χ2v) is 21.2. The molecule has 5 N–H and O–H groups in total. The maximum Gasteiger partial charge on any atom is 1.00 e. The van der Waals surface area contributed by atoms with Gasteiger partial charge in [0.1, 0.15) is 48.0 Å². The van der Waals surface area contributed by atoms with Gasteiger partial charge in [0, 0.05) is 46.3 Å². The number of phenolic OH excluding ortho intramolecular Hbond substituents is 2. The van der Waals surface area contributed by atoms with E-state index in [1.165, 1.54) is 37.4 Å². The number of nitrogens with one attached hydrogen (secondary N) is 1. The molecule has 0 atom stereocenters. The Balaban J connectivity index is -0.000000725. The number of rotatable bonds is 13. The molecule has 5 aromatic carbocycles. The number of hydrogen-bond donors (Lipinski definition) is 5. The second kappa shape index (κ2) is 35.3. The van der Waals surface area contributed by atoms with Crippen LogP contribution in [0.4, 0.5) is 34.1 Å². The smallest absolute Gasteiger partial charge is 0.744 e. The van der Waals surface area contributed by atoms with Gasteiger partial charge in [-0.1, -0.05) is 34.4 Å². The molecule has 0 amide bonds. The zero-order valence-electron chi connectivity index (χ0n) is 39.2. The van der Waals surface area contributed by atoms with Crippen LogP contribution >= 0.6 is 0 Å².